The maximum atomic E-state index is 13.7. The predicted octanol–water partition coefficient (Wildman–Crippen LogP) is 5.78. The van der Waals surface area contributed by atoms with Gasteiger partial charge in [-0.25, -0.2) is 0 Å². The summed E-state index contributed by atoms with van der Waals surface area (Å²) in [6.45, 7) is 3.30. The largest absolute Gasteiger partial charge is 0.350 e. The first-order valence-corrected chi connectivity index (χ1v) is 12.8. The zero-order valence-corrected chi connectivity index (χ0v) is 20.3. The number of benzene rings is 1. The van der Waals surface area contributed by atoms with E-state index in [1.54, 1.807) is 16.2 Å². The molecule has 7 heteroatoms. The molecule has 5 nitrogen and oxygen atoms in total. The lowest BCUT2D eigenvalue weighted by molar-refractivity contribution is -0.133. The van der Waals surface area contributed by atoms with Crippen LogP contribution >= 0.6 is 22.9 Å². The fourth-order valence-electron chi connectivity index (χ4n) is 4.97. The van der Waals surface area contributed by atoms with Crippen molar-refractivity contribution in [3.8, 4) is 0 Å². The average molecular weight is 482 g/mol. The molecule has 3 heterocycles. The Hall–Kier alpha value is -2.57. The van der Waals surface area contributed by atoms with Gasteiger partial charge in [0.2, 0.25) is 5.91 Å². The molecule has 5 rings (SSSR count). The van der Waals surface area contributed by atoms with Gasteiger partial charge in [-0.3, -0.25) is 9.59 Å². The van der Waals surface area contributed by atoms with E-state index in [2.05, 4.69) is 11.4 Å². The second kappa shape index (κ2) is 8.99. The number of hydrogen-bond donors (Lipinski definition) is 1. The molecule has 1 aliphatic carbocycles. The van der Waals surface area contributed by atoms with Crippen LogP contribution in [0.1, 0.15) is 55.1 Å². The molecule has 0 fully saturated rings. The van der Waals surface area contributed by atoms with Gasteiger partial charge in [0, 0.05) is 23.5 Å². The minimum Gasteiger partial charge on any atom is -0.350 e. The highest BCUT2D eigenvalue weighted by molar-refractivity contribution is 7.16. The molecule has 2 aromatic heterocycles. The normalized spacial score (nSPS) is 20.6. The standard InChI is InChI=1S/C26H28ClN3O2S/c1-26(25(32)28-16-19-7-9-21(27)10-8-19)17-29-22(15-20-12-14-33-24(20)29)23(31)30(26)13-11-18-5-3-2-4-6-18/h5,7-10,12,14-15H,2-4,6,11,13,16-17H2,1H3,(H,28,32). The Balaban J connectivity index is 1.43. The van der Waals surface area contributed by atoms with Gasteiger partial charge in [0.05, 0.1) is 6.54 Å². The number of nitrogens with zero attached hydrogens (tertiary/aromatic N) is 2. The van der Waals surface area contributed by atoms with E-state index in [0.717, 1.165) is 35.0 Å². The highest BCUT2D eigenvalue weighted by Gasteiger charge is 2.47. The van der Waals surface area contributed by atoms with Gasteiger partial charge in [-0.15, -0.1) is 11.3 Å². The van der Waals surface area contributed by atoms with E-state index in [-0.39, 0.29) is 11.8 Å². The van der Waals surface area contributed by atoms with Crippen LogP contribution in [-0.4, -0.2) is 33.4 Å². The quantitative estimate of drug-likeness (QED) is 0.454. The minimum absolute atomic E-state index is 0.0646. The number of carbonyl (C=O) groups is 2. The van der Waals surface area contributed by atoms with Crippen LogP contribution in [0.2, 0.25) is 5.02 Å². The highest BCUT2D eigenvalue weighted by Crippen LogP contribution is 2.35. The maximum Gasteiger partial charge on any atom is 0.271 e. The van der Waals surface area contributed by atoms with Crippen molar-refractivity contribution in [2.45, 2.75) is 57.7 Å². The lowest BCUT2D eigenvalue weighted by atomic mass is 9.92. The lowest BCUT2D eigenvalue weighted by Gasteiger charge is -2.44. The van der Waals surface area contributed by atoms with E-state index < -0.39 is 5.54 Å². The highest BCUT2D eigenvalue weighted by atomic mass is 35.5. The number of amides is 2. The first-order chi connectivity index (χ1) is 16.0. The van der Waals surface area contributed by atoms with Crippen LogP contribution in [0.25, 0.3) is 10.2 Å². The fourth-order valence-corrected chi connectivity index (χ4v) is 5.99. The van der Waals surface area contributed by atoms with Crippen molar-refractivity contribution in [2.75, 3.05) is 6.54 Å². The SMILES string of the molecule is CC1(C(=O)NCc2ccc(Cl)cc2)Cn2c(cc3ccsc32)C(=O)N1CCC1=CCCCC1. The van der Waals surface area contributed by atoms with Crippen molar-refractivity contribution in [3.63, 3.8) is 0 Å². The summed E-state index contributed by atoms with van der Waals surface area (Å²) < 4.78 is 2.03. The van der Waals surface area contributed by atoms with Crippen LogP contribution in [0, 0.1) is 0 Å². The third-order valence-corrected chi connectivity index (χ3v) is 8.13. The van der Waals surface area contributed by atoms with Gasteiger partial charge in [0.1, 0.15) is 16.1 Å². The Bertz CT molecular complexity index is 1230. The van der Waals surface area contributed by atoms with Crippen LogP contribution < -0.4 is 5.32 Å². The number of rotatable bonds is 6. The molecule has 1 unspecified atom stereocenters. The van der Waals surface area contributed by atoms with Crippen molar-refractivity contribution in [1.82, 2.24) is 14.8 Å². The first-order valence-electron chi connectivity index (χ1n) is 11.5. The van der Waals surface area contributed by atoms with Gasteiger partial charge in [-0.05, 0) is 74.2 Å². The third-order valence-electron chi connectivity index (χ3n) is 6.93. The van der Waals surface area contributed by atoms with E-state index in [1.807, 2.05) is 53.3 Å². The molecule has 172 valence electrons. The van der Waals surface area contributed by atoms with Crippen molar-refractivity contribution in [1.29, 1.82) is 0 Å². The molecular formula is C26H28ClN3O2S. The molecule has 2 amide bonds. The maximum absolute atomic E-state index is 13.7. The number of halogens is 1. The summed E-state index contributed by atoms with van der Waals surface area (Å²) in [6, 6.07) is 11.4. The first kappa shape index (κ1) is 22.2. The smallest absolute Gasteiger partial charge is 0.271 e. The van der Waals surface area contributed by atoms with Gasteiger partial charge in [-0.2, -0.15) is 0 Å². The minimum atomic E-state index is -0.971. The molecule has 1 aliphatic heterocycles. The second-order valence-corrected chi connectivity index (χ2v) is 10.5. The fraction of sp³-hybridized carbons (Fsp3) is 0.385. The molecule has 0 bridgehead atoms. The summed E-state index contributed by atoms with van der Waals surface area (Å²) in [4.78, 5) is 30.2. The number of hydrogen-bond acceptors (Lipinski definition) is 3. The molecule has 1 atom stereocenters. The van der Waals surface area contributed by atoms with Crippen molar-refractivity contribution in [3.05, 3.63) is 69.7 Å². The predicted molar refractivity (Wildman–Crippen MR) is 134 cm³/mol. The molecular weight excluding hydrogens is 454 g/mol. The van der Waals surface area contributed by atoms with Crippen molar-refractivity contribution >= 4 is 45.0 Å². The van der Waals surface area contributed by atoms with Gasteiger partial charge in [-0.1, -0.05) is 35.4 Å². The molecule has 1 N–H and O–H groups in total. The molecule has 0 saturated carbocycles. The van der Waals surface area contributed by atoms with Crippen LogP contribution in [0.3, 0.4) is 0 Å². The van der Waals surface area contributed by atoms with Gasteiger partial charge in [0.25, 0.3) is 5.91 Å². The summed E-state index contributed by atoms with van der Waals surface area (Å²) in [5, 5.41) is 6.84. The molecule has 0 saturated heterocycles. The number of carbonyl (C=O) groups excluding carboxylic acids is 2. The Morgan fingerprint density at radius 1 is 1.21 bits per heavy atom. The zero-order chi connectivity index (χ0) is 23.0. The number of thiophene rings is 1. The van der Waals surface area contributed by atoms with E-state index in [1.165, 1.54) is 18.4 Å². The number of nitrogens with one attached hydrogen (secondary N) is 1. The van der Waals surface area contributed by atoms with Gasteiger partial charge in [0.15, 0.2) is 0 Å². The van der Waals surface area contributed by atoms with Crippen molar-refractivity contribution in [2.24, 2.45) is 0 Å². The zero-order valence-electron chi connectivity index (χ0n) is 18.8. The molecule has 3 aromatic rings. The second-order valence-electron chi connectivity index (χ2n) is 9.19. The molecule has 1 aromatic carbocycles. The lowest BCUT2D eigenvalue weighted by Crippen LogP contribution is -2.64. The Labute approximate surface area is 203 Å². The van der Waals surface area contributed by atoms with E-state index in [0.29, 0.717) is 30.4 Å². The Morgan fingerprint density at radius 3 is 2.79 bits per heavy atom. The van der Waals surface area contributed by atoms with Crippen molar-refractivity contribution < 1.29 is 9.59 Å². The average Bonchev–Trinajstić information content (AvgIpc) is 3.41. The summed E-state index contributed by atoms with van der Waals surface area (Å²) in [6.07, 6.45) is 7.78. The summed E-state index contributed by atoms with van der Waals surface area (Å²) in [5.74, 6) is -0.197. The van der Waals surface area contributed by atoms with E-state index >= 15 is 0 Å². The number of aromatic nitrogens is 1. The monoisotopic (exact) mass is 481 g/mol. The van der Waals surface area contributed by atoms with E-state index in [4.69, 9.17) is 11.6 Å². The Kier molecular flexibility index (Phi) is 6.06. The third kappa shape index (κ3) is 4.22. The number of allylic oxidation sites excluding steroid dienone is 1. The summed E-state index contributed by atoms with van der Waals surface area (Å²) in [7, 11) is 0. The topological polar surface area (TPSA) is 54.3 Å². The molecule has 0 spiro atoms. The molecule has 33 heavy (non-hydrogen) atoms. The van der Waals surface area contributed by atoms with E-state index in [9.17, 15) is 9.59 Å². The van der Waals surface area contributed by atoms with Gasteiger partial charge < -0.3 is 14.8 Å². The summed E-state index contributed by atoms with van der Waals surface area (Å²) >= 11 is 7.60. The number of fused-ring (bicyclic) bond motifs is 3. The van der Waals surface area contributed by atoms with Crippen LogP contribution in [-0.2, 0) is 17.9 Å². The summed E-state index contributed by atoms with van der Waals surface area (Å²) in [5.41, 5.74) is 2.08. The van der Waals surface area contributed by atoms with Crippen LogP contribution in [0.15, 0.2) is 53.4 Å². The van der Waals surface area contributed by atoms with Gasteiger partial charge >= 0.3 is 0 Å². The molecule has 2 aliphatic rings. The Morgan fingerprint density at radius 2 is 2.03 bits per heavy atom. The van der Waals surface area contributed by atoms with Crippen LogP contribution in [0.4, 0.5) is 0 Å². The molecule has 0 radical (unpaired) electrons. The van der Waals surface area contributed by atoms with Crippen LogP contribution in [0.5, 0.6) is 0 Å².